The molecular weight excluding hydrogens is 524 g/mol. The van der Waals surface area contributed by atoms with Gasteiger partial charge in [-0.25, -0.2) is 9.80 Å². The van der Waals surface area contributed by atoms with E-state index in [4.69, 9.17) is 20.8 Å². The average molecular weight is 547 g/mol. The number of allylic oxidation sites excluding steroid dienone is 2. The summed E-state index contributed by atoms with van der Waals surface area (Å²) in [6.45, 7) is 1.34. The smallest absolute Gasteiger partial charge is 0.379 e. The number of amides is 3. The van der Waals surface area contributed by atoms with Crippen LogP contribution in [0, 0.1) is 11.8 Å². The second-order valence-corrected chi connectivity index (χ2v) is 9.81. The molecule has 9 nitrogen and oxygen atoms in total. The minimum atomic E-state index is -0.698. The molecule has 3 amide bonds. The van der Waals surface area contributed by atoms with Crippen molar-refractivity contribution in [3.05, 3.63) is 100 Å². The van der Waals surface area contributed by atoms with Crippen LogP contribution >= 0.6 is 11.6 Å². The van der Waals surface area contributed by atoms with Crippen LogP contribution in [0.3, 0.4) is 0 Å². The van der Waals surface area contributed by atoms with Gasteiger partial charge in [0, 0.05) is 16.1 Å². The van der Waals surface area contributed by atoms with Crippen molar-refractivity contribution in [1.29, 1.82) is 0 Å². The molecule has 3 aromatic rings. The number of hydrogen-bond acceptors (Lipinski definition) is 7. The van der Waals surface area contributed by atoms with E-state index in [1.165, 1.54) is 60.9 Å². The van der Waals surface area contributed by atoms with Crippen LogP contribution in [-0.2, 0) is 9.59 Å². The lowest BCUT2D eigenvalue weighted by Gasteiger charge is -2.30. The number of Topliss-reactive ketones (excluding diaryl/α,β-unsaturated/α-hetero) is 1. The summed E-state index contributed by atoms with van der Waals surface area (Å²) in [7, 11) is 0. The molecule has 39 heavy (non-hydrogen) atoms. The van der Waals surface area contributed by atoms with Crippen LogP contribution in [0.15, 0.2) is 83.0 Å². The van der Waals surface area contributed by atoms with Gasteiger partial charge >= 0.3 is 5.97 Å². The number of imide groups is 1. The molecule has 2 aromatic carbocycles. The van der Waals surface area contributed by atoms with E-state index < -0.39 is 47.9 Å². The van der Waals surface area contributed by atoms with E-state index in [-0.39, 0.29) is 22.6 Å². The van der Waals surface area contributed by atoms with Crippen molar-refractivity contribution in [2.24, 2.45) is 11.8 Å². The molecule has 0 unspecified atom stereocenters. The fraction of sp³-hybridized carbons (Fsp3) is 0.207. The van der Waals surface area contributed by atoms with Crippen molar-refractivity contribution in [3.63, 3.8) is 0 Å². The maximum Gasteiger partial charge on any atom is 0.379 e. The van der Waals surface area contributed by atoms with Gasteiger partial charge in [-0.2, -0.15) is 5.01 Å². The number of esters is 1. The monoisotopic (exact) mass is 546 g/mol. The highest BCUT2D eigenvalue weighted by atomic mass is 35.5. The summed E-state index contributed by atoms with van der Waals surface area (Å²) in [6.07, 6.45) is 4.08. The molecule has 0 radical (unpaired) electrons. The highest BCUT2D eigenvalue weighted by molar-refractivity contribution is 6.30. The van der Waals surface area contributed by atoms with Crippen LogP contribution in [0.1, 0.15) is 51.0 Å². The summed E-state index contributed by atoms with van der Waals surface area (Å²) in [6, 6.07) is 14.7. The Balaban J connectivity index is 1.39. The second kappa shape index (κ2) is 10.7. The first-order valence-electron chi connectivity index (χ1n) is 12.2. The normalized spacial score (nSPS) is 18.4. The van der Waals surface area contributed by atoms with Gasteiger partial charge in [-0.3, -0.25) is 19.2 Å². The highest BCUT2D eigenvalue weighted by Crippen LogP contribution is 2.38. The first-order chi connectivity index (χ1) is 18.7. The van der Waals surface area contributed by atoms with Gasteiger partial charge in [0.25, 0.3) is 17.7 Å². The topological polar surface area (TPSA) is 114 Å². The molecule has 10 heteroatoms. The summed E-state index contributed by atoms with van der Waals surface area (Å²) in [5.74, 6) is -3.88. The average Bonchev–Trinajstić information content (AvgIpc) is 3.55. The zero-order valence-corrected chi connectivity index (χ0v) is 21.6. The number of nitrogens with zero attached hydrogens (tertiary/aromatic N) is 2. The second-order valence-electron chi connectivity index (χ2n) is 9.38. The van der Waals surface area contributed by atoms with E-state index in [0.29, 0.717) is 17.9 Å². The van der Waals surface area contributed by atoms with Gasteiger partial charge < -0.3 is 9.15 Å². The third-order valence-corrected chi connectivity index (χ3v) is 7.02. The van der Waals surface area contributed by atoms with Gasteiger partial charge in [0.15, 0.2) is 5.78 Å². The first-order valence-corrected chi connectivity index (χ1v) is 12.6. The Kier molecular flexibility index (Phi) is 7.17. The minimum Gasteiger partial charge on any atom is -0.457 e. The van der Waals surface area contributed by atoms with E-state index in [1.807, 2.05) is 13.0 Å². The number of halogens is 1. The Labute approximate surface area is 228 Å². The lowest BCUT2D eigenvalue weighted by Crippen LogP contribution is -2.52. The Morgan fingerprint density at radius 3 is 2.31 bits per heavy atom. The van der Waals surface area contributed by atoms with Crippen LogP contribution < -0.4 is 4.74 Å². The van der Waals surface area contributed by atoms with E-state index in [9.17, 15) is 24.0 Å². The number of carbonyl (C=O) groups is 5. The van der Waals surface area contributed by atoms with Crippen LogP contribution in [0.2, 0.25) is 5.02 Å². The molecule has 1 aliphatic carbocycles. The van der Waals surface area contributed by atoms with Gasteiger partial charge in [-0.1, -0.05) is 23.3 Å². The predicted molar refractivity (Wildman–Crippen MR) is 139 cm³/mol. The molecule has 0 saturated carbocycles. The fourth-order valence-electron chi connectivity index (χ4n) is 4.72. The standard InChI is InChI=1S/C29H23ClN2O7/c1-17-4-13-22-23(15-17)28(36)32(27(22)35)31(26(34)19-5-9-20(30)10-6-19)16-24(33)18-7-11-21(12-8-18)39-29(37)25-3-2-14-38-25/h2-12,14,22-23H,13,15-16H2,1H3/t22-,23-/m0/s1. The maximum atomic E-state index is 13.6. The van der Waals surface area contributed by atoms with Crippen molar-refractivity contribution in [1.82, 2.24) is 10.0 Å². The van der Waals surface area contributed by atoms with Crippen molar-refractivity contribution in [3.8, 4) is 5.75 Å². The molecule has 2 heterocycles. The number of fused-ring (bicyclic) bond motifs is 1. The molecule has 1 aromatic heterocycles. The fourth-order valence-corrected chi connectivity index (χ4v) is 4.85. The quantitative estimate of drug-likeness (QED) is 0.138. The number of ketones is 1. The number of hydrogen-bond donors (Lipinski definition) is 0. The highest BCUT2D eigenvalue weighted by Gasteiger charge is 2.51. The molecule has 2 aliphatic rings. The van der Waals surface area contributed by atoms with Gasteiger partial charge in [0.05, 0.1) is 18.1 Å². The predicted octanol–water partition coefficient (Wildman–Crippen LogP) is 4.73. The molecular formula is C29H23ClN2O7. The SMILES string of the molecule is CC1=CC[C@@H]2C(=O)N(N(CC(=O)c3ccc(OC(=O)c4ccco4)cc3)C(=O)c3ccc(Cl)cc3)C(=O)[C@H]2C1. The maximum absolute atomic E-state index is 13.6. The summed E-state index contributed by atoms with van der Waals surface area (Å²) >= 11 is 5.96. The van der Waals surface area contributed by atoms with E-state index in [2.05, 4.69) is 0 Å². The van der Waals surface area contributed by atoms with Crippen LogP contribution in [0.25, 0.3) is 0 Å². The zero-order valence-electron chi connectivity index (χ0n) is 20.8. The van der Waals surface area contributed by atoms with Gasteiger partial charge in [0.2, 0.25) is 5.76 Å². The molecule has 1 saturated heterocycles. The Morgan fingerprint density at radius 1 is 0.974 bits per heavy atom. The zero-order chi connectivity index (χ0) is 27.7. The molecule has 1 aliphatic heterocycles. The number of furan rings is 1. The van der Waals surface area contributed by atoms with Crippen molar-refractivity contribution < 1.29 is 33.1 Å². The van der Waals surface area contributed by atoms with Crippen molar-refractivity contribution in [2.75, 3.05) is 6.54 Å². The van der Waals surface area contributed by atoms with E-state index >= 15 is 0 Å². The van der Waals surface area contributed by atoms with Crippen LogP contribution in [0.5, 0.6) is 5.75 Å². The number of rotatable bonds is 7. The summed E-state index contributed by atoms with van der Waals surface area (Å²) in [5.41, 5.74) is 1.35. The molecule has 1 fully saturated rings. The number of hydrazine groups is 1. The molecule has 198 valence electrons. The first kappa shape index (κ1) is 26.1. The summed E-state index contributed by atoms with van der Waals surface area (Å²) in [4.78, 5) is 65.7. The molecule has 0 spiro atoms. The minimum absolute atomic E-state index is 0.0254. The van der Waals surface area contributed by atoms with Crippen LogP contribution in [0.4, 0.5) is 0 Å². The molecule has 0 bridgehead atoms. The Morgan fingerprint density at radius 2 is 1.64 bits per heavy atom. The summed E-state index contributed by atoms with van der Waals surface area (Å²) in [5, 5.41) is 2.15. The van der Waals surface area contributed by atoms with Crippen molar-refractivity contribution in [2.45, 2.75) is 19.8 Å². The number of ether oxygens (including phenoxy) is 1. The number of benzene rings is 2. The lowest BCUT2D eigenvalue weighted by molar-refractivity contribution is -0.154. The third-order valence-electron chi connectivity index (χ3n) is 6.77. The molecule has 2 atom stereocenters. The lowest BCUT2D eigenvalue weighted by atomic mass is 9.82. The van der Waals surface area contributed by atoms with Gasteiger partial charge in [0.1, 0.15) is 12.3 Å². The van der Waals surface area contributed by atoms with Gasteiger partial charge in [-0.15, -0.1) is 0 Å². The number of carbonyl (C=O) groups excluding carboxylic acids is 5. The summed E-state index contributed by atoms with van der Waals surface area (Å²) < 4.78 is 10.2. The van der Waals surface area contributed by atoms with Gasteiger partial charge in [-0.05, 0) is 80.4 Å². The van der Waals surface area contributed by atoms with E-state index in [1.54, 1.807) is 6.07 Å². The Bertz CT molecular complexity index is 1480. The molecule has 0 N–H and O–H groups in total. The largest absolute Gasteiger partial charge is 0.457 e. The molecule has 5 rings (SSSR count). The Hall–Kier alpha value is -4.50. The third kappa shape index (κ3) is 5.26. The van der Waals surface area contributed by atoms with Crippen molar-refractivity contribution >= 4 is 41.1 Å². The van der Waals surface area contributed by atoms with E-state index in [0.717, 1.165) is 15.6 Å². The van der Waals surface area contributed by atoms with Crippen LogP contribution in [-0.4, -0.2) is 46.0 Å².